The number of hydrogen-bond acceptors (Lipinski definition) is 2. The fourth-order valence-electron chi connectivity index (χ4n) is 3.09. The fraction of sp³-hybridized carbons (Fsp3) is 0.158. The number of imidazole rings is 1. The molecule has 1 N–H and O–H groups in total. The Labute approximate surface area is 144 Å². The minimum Gasteiger partial charge on any atom is -0.305 e. The summed E-state index contributed by atoms with van der Waals surface area (Å²) in [5.41, 5.74) is 2.18. The number of fused-ring (bicyclic) bond motifs is 1. The first-order chi connectivity index (χ1) is 12.1. The molecule has 0 saturated carbocycles. The molecule has 1 aromatic heterocycles. The molecule has 4 rings (SSSR count). The van der Waals surface area contributed by atoms with Crippen molar-refractivity contribution in [1.82, 2.24) is 19.4 Å². The lowest BCUT2D eigenvalue weighted by Crippen LogP contribution is -2.42. The van der Waals surface area contributed by atoms with Gasteiger partial charge in [-0.3, -0.25) is 14.4 Å². The number of H-pyrrole nitrogens is 1. The van der Waals surface area contributed by atoms with Crippen LogP contribution in [-0.2, 0) is 0 Å². The molecule has 1 atom stereocenters. The highest BCUT2D eigenvalue weighted by atomic mass is 16.2. The summed E-state index contributed by atoms with van der Waals surface area (Å²) in [6.45, 7) is 2.38. The molecule has 0 bridgehead atoms. The van der Waals surface area contributed by atoms with Crippen LogP contribution in [0.5, 0.6) is 0 Å². The van der Waals surface area contributed by atoms with Crippen LogP contribution in [-0.4, -0.2) is 38.0 Å². The molecule has 0 aliphatic carbocycles. The van der Waals surface area contributed by atoms with Gasteiger partial charge in [0.05, 0.1) is 22.8 Å². The molecule has 1 unspecified atom stereocenters. The molecule has 2 amide bonds. The summed E-state index contributed by atoms with van der Waals surface area (Å²) >= 11 is 0. The summed E-state index contributed by atoms with van der Waals surface area (Å²) in [7, 11) is 0. The minimum atomic E-state index is -0.186. The largest absolute Gasteiger partial charge is 0.331 e. The van der Waals surface area contributed by atoms with Gasteiger partial charge in [-0.15, -0.1) is 0 Å². The van der Waals surface area contributed by atoms with E-state index in [1.807, 2.05) is 55.5 Å². The van der Waals surface area contributed by atoms with E-state index in [0.29, 0.717) is 6.54 Å². The van der Waals surface area contributed by atoms with Gasteiger partial charge in [-0.1, -0.05) is 24.3 Å². The molecular weight excluding hydrogens is 316 g/mol. The maximum Gasteiger partial charge on any atom is 0.331 e. The molecule has 2 aromatic rings. The van der Waals surface area contributed by atoms with Gasteiger partial charge < -0.3 is 4.98 Å². The summed E-state index contributed by atoms with van der Waals surface area (Å²) in [5.74, 6) is 0. The van der Waals surface area contributed by atoms with Crippen LogP contribution in [0.25, 0.3) is 16.7 Å². The van der Waals surface area contributed by atoms with Crippen LogP contribution < -0.4 is 5.69 Å². The first-order valence-electron chi connectivity index (χ1n) is 8.17. The Hall–Kier alpha value is -3.28. The molecule has 126 valence electrons. The highest BCUT2D eigenvalue weighted by Gasteiger charge is 2.23. The summed E-state index contributed by atoms with van der Waals surface area (Å²) in [6, 6.07) is 7.47. The van der Waals surface area contributed by atoms with Crippen LogP contribution in [0, 0.1) is 0 Å². The van der Waals surface area contributed by atoms with E-state index >= 15 is 0 Å². The first kappa shape index (κ1) is 15.3. The van der Waals surface area contributed by atoms with Gasteiger partial charge in [-0.25, -0.2) is 9.59 Å². The van der Waals surface area contributed by atoms with Gasteiger partial charge in [0.15, 0.2) is 0 Å². The van der Waals surface area contributed by atoms with Crippen LogP contribution in [0.2, 0.25) is 0 Å². The van der Waals surface area contributed by atoms with Crippen molar-refractivity contribution in [2.75, 3.05) is 6.54 Å². The van der Waals surface area contributed by atoms with Crippen LogP contribution in [0.4, 0.5) is 4.79 Å². The molecule has 2 aliphatic heterocycles. The standard InChI is InChI=1S/C19H18N4O2/c1-14-6-4-5-11-22(14)19(25)21-12-9-15(10-13-21)23-17-8-3-2-7-16(17)20-18(23)24/h2-12,14H,13H2,1H3,(H,20,24). The Morgan fingerprint density at radius 3 is 2.80 bits per heavy atom. The zero-order valence-electron chi connectivity index (χ0n) is 13.8. The first-order valence-corrected chi connectivity index (χ1v) is 8.17. The third-order valence-electron chi connectivity index (χ3n) is 4.42. The van der Waals surface area contributed by atoms with Crippen molar-refractivity contribution in [2.45, 2.75) is 13.0 Å². The molecule has 2 aliphatic rings. The zero-order valence-corrected chi connectivity index (χ0v) is 13.8. The third-order valence-corrected chi connectivity index (χ3v) is 4.42. The Bertz CT molecular complexity index is 1010. The molecule has 6 heteroatoms. The number of allylic oxidation sites excluding steroid dienone is 4. The number of para-hydroxylation sites is 2. The van der Waals surface area contributed by atoms with E-state index in [1.165, 1.54) is 0 Å². The Morgan fingerprint density at radius 1 is 1.20 bits per heavy atom. The fourth-order valence-corrected chi connectivity index (χ4v) is 3.09. The minimum absolute atomic E-state index is 0.0208. The second-order valence-electron chi connectivity index (χ2n) is 6.04. The average Bonchev–Trinajstić information content (AvgIpc) is 2.97. The van der Waals surface area contributed by atoms with E-state index in [1.54, 1.807) is 32.8 Å². The average molecular weight is 334 g/mol. The second kappa shape index (κ2) is 5.98. The second-order valence-corrected chi connectivity index (χ2v) is 6.04. The predicted octanol–water partition coefficient (Wildman–Crippen LogP) is 2.89. The number of aromatic amines is 1. The number of amides is 2. The number of rotatable bonds is 1. The van der Waals surface area contributed by atoms with Crippen molar-refractivity contribution >= 4 is 22.8 Å². The Kier molecular flexibility index (Phi) is 3.65. The van der Waals surface area contributed by atoms with Crippen LogP contribution >= 0.6 is 0 Å². The number of benzene rings is 1. The molecule has 0 radical (unpaired) electrons. The van der Waals surface area contributed by atoms with Gasteiger partial charge in [-0.2, -0.15) is 0 Å². The Morgan fingerprint density at radius 2 is 2.04 bits per heavy atom. The van der Waals surface area contributed by atoms with Gasteiger partial charge >= 0.3 is 11.7 Å². The van der Waals surface area contributed by atoms with Gasteiger partial charge in [0, 0.05) is 18.9 Å². The molecule has 0 spiro atoms. The molecule has 0 saturated heterocycles. The number of urea groups is 1. The van der Waals surface area contributed by atoms with Crippen molar-refractivity contribution in [3.8, 4) is 0 Å². The van der Waals surface area contributed by atoms with Crippen molar-refractivity contribution < 1.29 is 4.79 Å². The number of nitrogens with one attached hydrogen (secondary N) is 1. The molecule has 0 fully saturated rings. The van der Waals surface area contributed by atoms with Crippen molar-refractivity contribution in [1.29, 1.82) is 0 Å². The normalized spacial score (nSPS) is 19.6. The number of aromatic nitrogens is 2. The Balaban J connectivity index is 1.59. The number of carbonyl (C=O) groups excluding carboxylic acids is 1. The monoisotopic (exact) mass is 334 g/mol. The smallest absolute Gasteiger partial charge is 0.305 e. The molecule has 6 nitrogen and oxygen atoms in total. The molecule has 25 heavy (non-hydrogen) atoms. The van der Waals surface area contributed by atoms with Crippen LogP contribution in [0.3, 0.4) is 0 Å². The lowest BCUT2D eigenvalue weighted by Gasteiger charge is -2.31. The topological polar surface area (TPSA) is 61.3 Å². The highest BCUT2D eigenvalue weighted by molar-refractivity contribution is 5.83. The summed E-state index contributed by atoms with van der Waals surface area (Å²) < 4.78 is 1.62. The van der Waals surface area contributed by atoms with Gasteiger partial charge in [0.25, 0.3) is 0 Å². The summed E-state index contributed by atoms with van der Waals surface area (Å²) in [5, 5.41) is 0. The van der Waals surface area contributed by atoms with Crippen molar-refractivity contribution in [3.63, 3.8) is 0 Å². The van der Waals surface area contributed by atoms with Gasteiger partial charge in [0.2, 0.25) is 0 Å². The lowest BCUT2D eigenvalue weighted by atomic mass is 10.2. The molecular formula is C19H18N4O2. The highest BCUT2D eigenvalue weighted by Crippen LogP contribution is 2.19. The van der Waals surface area contributed by atoms with Gasteiger partial charge in [-0.05, 0) is 37.3 Å². The third kappa shape index (κ3) is 2.61. The van der Waals surface area contributed by atoms with Crippen LogP contribution in [0.1, 0.15) is 6.92 Å². The van der Waals surface area contributed by atoms with E-state index < -0.39 is 0 Å². The number of nitrogens with zero attached hydrogens (tertiary/aromatic N) is 3. The summed E-state index contributed by atoms with van der Waals surface area (Å²) in [4.78, 5) is 31.1. The number of hydrogen-bond donors (Lipinski definition) is 1. The maximum atomic E-state index is 12.6. The van der Waals surface area contributed by atoms with E-state index in [0.717, 1.165) is 16.7 Å². The van der Waals surface area contributed by atoms with Crippen LogP contribution in [0.15, 0.2) is 71.8 Å². The number of carbonyl (C=O) groups is 1. The predicted molar refractivity (Wildman–Crippen MR) is 97.7 cm³/mol. The SMILES string of the molecule is CC1C=CC=CN1C(=O)N1C=CC(n2c(=O)[nH]c3ccccc32)=CC1. The van der Waals surface area contributed by atoms with Crippen molar-refractivity contribution in [2.24, 2.45) is 0 Å². The van der Waals surface area contributed by atoms with E-state index in [-0.39, 0.29) is 17.8 Å². The van der Waals surface area contributed by atoms with E-state index in [4.69, 9.17) is 0 Å². The zero-order chi connectivity index (χ0) is 17.4. The van der Waals surface area contributed by atoms with E-state index in [9.17, 15) is 9.59 Å². The molecule has 1 aromatic carbocycles. The summed E-state index contributed by atoms with van der Waals surface area (Å²) in [6.07, 6.45) is 12.9. The van der Waals surface area contributed by atoms with Crippen molar-refractivity contribution in [3.05, 3.63) is 77.5 Å². The molecule has 3 heterocycles. The lowest BCUT2D eigenvalue weighted by molar-refractivity contribution is 0.183. The van der Waals surface area contributed by atoms with Gasteiger partial charge in [0.1, 0.15) is 0 Å². The van der Waals surface area contributed by atoms with E-state index in [2.05, 4.69) is 4.98 Å². The maximum absolute atomic E-state index is 12.6. The quantitative estimate of drug-likeness (QED) is 0.872.